The molecule has 0 bridgehead atoms. The van der Waals surface area contributed by atoms with Crippen LogP contribution in [-0.4, -0.2) is 97.3 Å². The van der Waals surface area contributed by atoms with Gasteiger partial charge in [0.15, 0.2) is 14.2 Å². The Morgan fingerprint density at radius 1 is 1.14 bits per heavy atom. The van der Waals surface area contributed by atoms with E-state index in [1.165, 1.54) is 12.4 Å². The number of rotatable bonds is 10. The molecule has 0 aromatic heterocycles. The fraction of sp³-hybridized carbons (Fsp3) is 0.706. The van der Waals surface area contributed by atoms with Crippen molar-refractivity contribution in [3.8, 4) is 0 Å². The number of hydrogen-bond donors (Lipinski definition) is 2. The third kappa shape index (κ3) is 7.66. The van der Waals surface area contributed by atoms with Crippen LogP contribution in [-0.2, 0) is 25.2 Å². The topological polar surface area (TPSA) is 160 Å². The Bertz CT molecular complexity index is 1600. The van der Waals surface area contributed by atoms with Gasteiger partial charge in [0.2, 0.25) is 0 Å². The van der Waals surface area contributed by atoms with Crippen molar-refractivity contribution in [2.75, 3.05) is 13.3 Å². The second-order valence-electron chi connectivity index (χ2n) is 17.6. The van der Waals surface area contributed by atoms with Crippen molar-refractivity contribution in [2.24, 2.45) is 15.0 Å². The van der Waals surface area contributed by atoms with Crippen molar-refractivity contribution in [3.05, 3.63) is 37.4 Å². The maximum Gasteiger partial charge on any atom is 0.356 e. The first-order valence-electron chi connectivity index (χ1n) is 17.0. The van der Waals surface area contributed by atoms with Gasteiger partial charge in [0, 0.05) is 28.2 Å². The summed E-state index contributed by atoms with van der Waals surface area (Å²) in [6.07, 6.45) is 0.371. The predicted octanol–water partition coefficient (Wildman–Crippen LogP) is 6.40. The second-order valence-corrected chi connectivity index (χ2v) is 29.2. The van der Waals surface area contributed by atoms with Gasteiger partial charge in [0.05, 0.1) is 24.8 Å². The van der Waals surface area contributed by atoms with E-state index in [0.29, 0.717) is 21.4 Å². The number of benzene rings is 1. The van der Waals surface area contributed by atoms with E-state index < -0.39 is 56.1 Å². The largest absolute Gasteiger partial charge is 0.457 e. The third-order valence-corrected chi connectivity index (χ3v) is 22.8. The van der Waals surface area contributed by atoms with E-state index in [0.717, 1.165) is 0 Å². The lowest BCUT2D eigenvalue weighted by molar-refractivity contribution is -0.385. The van der Waals surface area contributed by atoms with E-state index in [1.54, 1.807) is 32.9 Å². The first kappa shape index (κ1) is 40.7. The number of amidine groups is 1. The highest BCUT2D eigenvalue weighted by Gasteiger charge is 2.63. The summed E-state index contributed by atoms with van der Waals surface area (Å²) in [6, 6.07) is 4.90. The number of aliphatic hydroxyl groups is 1. The summed E-state index contributed by atoms with van der Waals surface area (Å²) >= 11 is 2.02. The van der Waals surface area contributed by atoms with Crippen LogP contribution in [0.5, 0.6) is 0 Å². The molecule has 1 saturated heterocycles. The van der Waals surface area contributed by atoms with Crippen LogP contribution in [0.4, 0.5) is 5.69 Å². The van der Waals surface area contributed by atoms with E-state index in [2.05, 4.69) is 83.0 Å². The highest BCUT2D eigenvalue weighted by Crippen LogP contribution is 2.51. The highest BCUT2D eigenvalue weighted by atomic mass is 127. The van der Waals surface area contributed by atoms with Crippen LogP contribution >= 0.6 is 22.6 Å². The molecule has 0 saturated carbocycles. The smallest absolute Gasteiger partial charge is 0.356 e. The molecule has 50 heavy (non-hydrogen) atoms. The lowest BCUT2D eigenvalue weighted by Crippen LogP contribution is -2.65. The van der Waals surface area contributed by atoms with Crippen LogP contribution in [0.25, 0.3) is 0 Å². The van der Waals surface area contributed by atoms with E-state index >= 15 is 0 Å². The predicted molar refractivity (Wildman–Crippen MR) is 210 cm³/mol. The molecule has 1 aromatic rings. The number of hydrogen-bond acceptors (Lipinski definition) is 12. The standard InChI is InChI=1S/C34H55IN6O7Si2/c1-30(2,3)48-29(42)34(38-18-22-14-15-23(35)16-24(22)41(44)45)27-28(36-20-39-34)40(21-37-27)26-17-33(43,49(10,11)31(4,5)6)25(47-26)19-46-50(12,13)32(7,8)9/h14-16,20,25-26,38,43H,17-19,21H2,1-13H3/t25-,26-,33-,34?/m1/s1. The molecule has 1 aromatic carbocycles. The maximum atomic E-state index is 14.1. The molecule has 0 amide bonds. The summed E-state index contributed by atoms with van der Waals surface area (Å²) in [7, 11) is -4.67. The zero-order valence-electron chi connectivity index (χ0n) is 31.8. The molecule has 278 valence electrons. The van der Waals surface area contributed by atoms with Gasteiger partial charge in [-0.1, -0.05) is 54.6 Å². The van der Waals surface area contributed by atoms with Crippen LogP contribution in [0, 0.1) is 13.7 Å². The van der Waals surface area contributed by atoms with E-state index in [9.17, 15) is 20.0 Å². The molecule has 4 atom stereocenters. The van der Waals surface area contributed by atoms with Gasteiger partial charge in [-0.25, -0.2) is 14.8 Å². The van der Waals surface area contributed by atoms with Crippen molar-refractivity contribution in [1.82, 2.24) is 10.2 Å². The summed E-state index contributed by atoms with van der Waals surface area (Å²) in [5.41, 5.74) is -2.19. The van der Waals surface area contributed by atoms with Gasteiger partial charge in [-0.2, -0.15) is 0 Å². The molecule has 2 N–H and O–H groups in total. The Balaban J connectivity index is 1.70. The normalized spacial score (nSPS) is 26.1. The molecule has 13 nitrogen and oxygen atoms in total. The van der Waals surface area contributed by atoms with Gasteiger partial charge in [-0.15, -0.1) is 0 Å². The minimum absolute atomic E-state index is 0.0232. The first-order valence-corrected chi connectivity index (χ1v) is 24.0. The Labute approximate surface area is 312 Å². The van der Waals surface area contributed by atoms with Gasteiger partial charge in [0.25, 0.3) is 11.4 Å². The van der Waals surface area contributed by atoms with Gasteiger partial charge < -0.3 is 23.9 Å². The second kappa shape index (κ2) is 13.7. The van der Waals surface area contributed by atoms with Gasteiger partial charge in [0.1, 0.15) is 36.7 Å². The Morgan fingerprint density at radius 3 is 2.34 bits per heavy atom. The number of aliphatic imine (C=N–C) groups is 3. The van der Waals surface area contributed by atoms with Gasteiger partial charge in [-0.05, 0) is 78.7 Å². The molecule has 0 radical (unpaired) electrons. The Kier molecular flexibility index (Phi) is 11.2. The van der Waals surface area contributed by atoms with Gasteiger partial charge >= 0.3 is 5.97 Å². The van der Waals surface area contributed by atoms with E-state index in [4.69, 9.17) is 18.9 Å². The maximum absolute atomic E-state index is 14.1. The van der Waals surface area contributed by atoms with Crippen LogP contribution in [0.1, 0.15) is 74.3 Å². The summed E-state index contributed by atoms with van der Waals surface area (Å²) in [4.78, 5) is 41.3. The molecule has 4 rings (SSSR count). The molecule has 3 aliphatic rings. The molecule has 1 fully saturated rings. The van der Waals surface area contributed by atoms with Crippen molar-refractivity contribution >= 4 is 68.5 Å². The zero-order valence-corrected chi connectivity index (χ0v) is 36.0. The summed E-state index contributed by atoms with van der Waals surface area (Å²) < 4.78 is 20.1. The Hall–Kier alpha value is -2.10. The summed E-state index contributed by atoms with van der Waals surface area (Å²) in [6.45, 7) is 27.4. The minimum Gasteiger partial charge on any atom is -0.457 e. The van der Waals surface area contributed by atoms with E-state index in [-0.39, 0.29) is 41.3 Å². The number of ether oxygens (including phenoxy) is 2. The number of fused-ring (bicyclic) bond motifs is 1. The van der Waals surface area contributed by atoms with Crippen molar-refractivity contribution in [1.29, 1.82) is 0 Å². The fourth-order valence-electron chi connectivity index (χ4n) is 5.99. The van der Waals surface area contributed by atoms with Crippen LogP contribution in [0.3, 0.4) is 0 Å². The number of esters is 1. The molecular formula is C34H55IN6O7Si2. The fourth-order valence-corrected chi connectivity index (χ4v) is 10.4. The number of nitrogens with zero attached hydrogens (tertiary/aromatic N) is 5. The van der Waals surface area contributed by atoms with Crippen molar-refractivity contribution in [3.63, 3.8) is 0 Å². The number of nitro groups is 1. The molecule has 3 heterocycles. The van der Waals surface area contributed by atoms with Gasteiger partial charge in [-0.3, -0.25) is 20.4 Å². The highest BCUT2D eigenvalue weighted by molar-refractivity contribution is 14.1. The minimum atomic E-state index is -2.49. The van der Waals surface area contributed by atoms with E-state index in [1.807, 2.05) is 27.5 Å². The summed E-state index contributed by atoms with van der Waals surface area (Å²) in [5, 5.41) is 26.5. The quantitative estimate of drug-likeness (QED) is 0.0894. The van der Waals surface area contributed by atoms with Crippen molar-refractivity contribution < 1.29 is 28.7 Å². The molecular weight excluding hydrogens is 787 g/mol. The molecule has 0 spiro atoms. The average molecular weight is 843 g/mol. The van der Waals surface area contributed by atoms with Crippen LogP contribution in [0.15, 0.2) is 33.2 Å². The number of carbonyl (C=O) groups excluding carboxylic acids is 1. The number of nitrogens with one attached hydrogen (secondary N) is 1. The monoisotopic (exact) mass is 842 g/mol. The van der Waals surface area contributed by atoms with Crippen molar-refractivity contribution in [2.45, 2.75) is 140 Å². The molecule has 1 unspecified atom stereocenters. The average Bonchev–Trinajstić information content (AvgIpc) is 3.55. The lowest BCUT2D eigenvalue weighted by atomic mass is 10.00. The molecule has 0 aliphatic carbocycles. The molecule has 3 aliphatic heterocycles. The SMILES string of the molecule is CC(C)(C)OC(=O)C1(NCc2ccc(I)cc2[N+](=O)[O-])N=CN=C2C1=NCN2[C@H]1C[C@@](O)([Si](C)(C)C(C)(C)C)[C@@H](CO[Si](C)(C)C(C)(C)C)O1. The lowest BCUT2D eigenvalue weighted by Gasteiger charge is -2.49. The third-order valence-electron chi connectivity index (χ3n) is 11.2. The number of halogens is 1. The molecule has 16 heteroatoms. The zero-order chi connectivity index (χ0) is 37.9. The Morgan fingerprint density at radius 2 is 1.78 bits per heavy atom. The van der Waals surface area contributed by atoms with Crippen LogP contribution < -0.4 is 5.32 Å². The summed E-state index contributed by atoms with van der Waals surface area (Å²) in [5.74, 6) is -0.350. The number of nitro benzene ring substituents is 1. The first-order chi connectivity index (χ1) is 22.7. The number of carbonyl (C=O) groups is 1. The van der Waals surface area contributed by atoms with Crippen LogP contribution in [0.2, 0.25) is 36.3 Å².